The highest BCUT2D eigenvalue weighted by atomic mass is 32.2. The number of ether oxygens (including phenoxy) is 1. The molecule has 1 aromatic rings. The Morgan fingerprint density at radius 3 is 2.43 bits per heavy atom. The highest BCUT2D eigenvalue weighted by molar-refractivity contribution is 7.89. The number of nitrogens with one attached hydrogen (secondary N) is 3. The molecule has 8 nitrogen and oxygen atoms in total. The molecule has 0 aliphatic carbocycles. The number of aliphatic imine (C=N–C) groups is 1. The number of guanidine groups is 1. The molecule has 0 spiro atoms. The molecule has 9 heteroatoms. The van der Waals surface area contributed by atoms with Gasteiger partial charge in [0.25, 0.3) is 0 Å². The SMILES string of the molecule is CCNC(=NCC(c1ccc(OC)cc1)N1CCCC1)NCCCNS(=O)(=O)CC. The molecule has 170 valence electrons. The maximum Gasteiger partial charge on any atom is 0.211 e. The molecule has 3 N–H and O–H groups in total. The van der Waals surface area contributed by atoms with Crippen molar-refractivity contribution < 1.29 is 13.2 Å². The van der Waals surface area contributed by atoms with E-state index in [9.17, 15) is 8.42 Å². The molecule has 2 rings (SSSR count). The predicted octanol–water partition coefficient (Wildman–Crippen LogP) is 1.72. The van der Waals surface area contributed by atoms with Crippen molar-refractivity contribution in [2.75, 3.05) is 52.1 Å². The smallest absolute Gasteiger partial charge is 0.211 e. The number of nitrogens with zero attached hydrogens (tertiary/aromatic N) is 2. The average molecular weight is 440 g/mol. The molecular formula is C21H37N5O3S. The number of methoxy groups -OCH3 is 1. The van der Waals surface area contributed by atoms with E-state index in [1.165, 1.54) is 18.4 Å². The Kier molecular flexibility index (Phi) is 10.4. The zero-order chi connectivity index (χ0) is 21.8. The van der Waals surface area contributed by atoms with E-state index in [1.54, 1.807) is 14.0 Å². The number of benzene rings is 1. The normalized spacial score (nSPS) is 16.4. The van der Waals surface area contributed by atoms with Gasteiger partial charge in [-0.1, -0.05) is 12.1 Å². The molecule has 0 aromatic heterocycles. The van der Waals surface area contributed by atoms with Crippen LogP contribution >= 0.6 is 0 Å². The monoisotopic (exact) mass is 439 g/mol. The Hall–Kier alpha value is -1.84. The van der Waals surface area contributed by atoms with Crippen LogP contribution in [0.15, 0.2) is 29.3 Å². The minimum absolute atomic E-state index is 0.105. The Labute approximate surface area is 181 Å². The standard InChI is InChI=1S/C21H37N5O3S/c1-4-22-21(23-13-8-14-25-30(27,28)5-2)24-17-20(26-15-6-7-16-26)18-9-11-19(29-3)12-10-18/h9-12,20,25H,4-8,13-17H2,1-3H3,(H2,22,23,24). The first-order valence-corrected chi connectivity index (χ1v) is 12.5. The fourth-order valence-electron chi connectivity index (χ4n) is 3.46. The van der Waals surface area contributed by atoms with Gasteiger partial charge in [-0.2, -0.15) is 0 Å². The van der Waals surface area contributed by atoms with Gasteiger partial charge in [-0.15, -0.1) is 0 Å². The van der Waals surface area contributed by atoms with E-state index < -0.39 is 10.0 Å². The van der Waals surface area contributed by atoms with Crippen LogP contribution in [0.1, 0.15) is 44.7 Å². The molecular weight excluding hydrogens is 402 g/mol. The molecule has 1 atom stereocenters. The van der Waals surface area contributed by atoms with Crippen molar-refractivity contribution in [3.8, 4) is 5.75 Å². The third-order valence-corrected chi connectivity index (χ3v) is 6.60. The fraction of sp³-hybridized carbons (Fsp3) is 0.667. The first-order valence-electron chi connectivity index (χ1n) is 10.9. The van der Waals surface area contributed by atoms with Gasteiger partial charge in [0.15, 0.2) is 5.96 Å². The third kappa shape index (κ3) is 8.12. The Balaban J connectivity index is 1.96. The fourth-order valence-corrected chi connectivity index (χ4v) is 4.11. The molecule has 1 saturated heterocycles. The van der Waals surface area contributed by atoms with Crippen LogP contribution in [0.25, 0.3) is 0 Å². The maximum atomic E-state index is 11.5. The van der Waals surface area contributed by atoms with Gasteiger partial charge in [0.2, 0.25) is 10.0 Å². The third-order valence-electron chi connectivity index (χ3n) is 5.20. The quantitative estimate of drug-likeness (QED) is 0.261. The van der Waals surface area contributed by atoms with Crippen molar-refractivity contribution in [2.45, 2.75) is 39.2 Å². The minimum Gasteiger partial charge on any atom is -0.497 e. The zero-order valence-electron chi connectivity index (χ0n) is 18.5. The summed E-state index contributed by atoms with van der Waals surface area (Å²) in [6.45, 7) is 8.35. The zero-order valence-corrected chi connectivity index (χ0v) is 19.3. The maximum absolute atomic E-state index is 11.5. The largest absolute Gasteiger partial charge is 0.497 e. The molecule has 1 heterocycles. The van der Waals surface area contributed by atoms with E-state index in [1.807, 2.05) is 19.1 Å². The molecule has 1 unspecified atom stereocenters. The van der Waals surface area contributed by atoms with Crippen LogP contribution < -0.4 is 20.1 Å². The summed E-state index contributed by atoms with van der Waals surface area (Å²) >= 11 is 0. The van der Waals surface area contributed by atoms with Gasteiger partial charge in [0.05, 0.1) is 25.4 Å². The van der Waals surface area contributed by atoms with Gasteiger partial charge in [-0.05, 0) is 63.9 Å². The van der Waals surface area contributed by atoms with E-state index in [-0.39, 0.29) is 11.8 Å². The van der Waals surface area contributed by atoms with Crippen molar-refractivity contribution in [2.24, 2.45) is 4.99 Å². The predicted molar refractivity (Wildman–Crippen MR) is 123 cm³/mol. The van der Waals surface area contributed by atoms with Crippen LogP contribution in [0.5, 0.6) is 5.75 Å². The van der Waals surface area contributed by atoms with E-state index in [2.05, 4.69) is 32.4 Å². The van der Waals surface area contributed by atoms with E-state index in [0.29, 0.717) is 26.1 Å². The van der Waals surface area contributed by atoms with Gasteiger partial charge in [-0.3, -0.25) is 9.89 Å². The summed E-state index contributed by atoms with van der Waals surface area (Å²) in [6.07, 6.45) is 3.14. The lowest BCUT2D eigenvalue weighted by Crippen LogP contribution is -2.39. The number of likely N-dealkylation sites (tertiary alicyclic amines) is 1. The van der Waals surface area contributed by atoms with Gasteiger partial charge in [0.1, 0.15) is 5.75 Å². The average Bonchev–Trinajstić information content (AvgIpc) is 3.28. The second kappa shape index (κ2) is 12.8. The first kappa shape index (κ1) is 24.4. The number of hydrogen-bond acceptors (Lipinski definition) is 5. The number of rotatable bonds is 12. The van der Waals surface area contributed by atoms with Gasteiger partial charge >= 0.3 is 0 Å². The molecule has 30 heavy (non-hydrogen) atoms. The topological polar surface area (TPSA) is 95.1 Å². The highest BCUT2D eigenvalue weighted by Crippen LogP contribution is 2.27. The molecule has 0 saturated carbocycles. The van der Waals surface area contributed by atoms with Crippen LogP contribution in [0.2, 0.25) is 0 Å². The van der Waals surface area contributed by atoms with Crippen LogP contribution in [0, 0.1) is 0 Å². The molecule has 1 aromatic carbocycles. The lowest BCUT2D eigenvalue weighted by atomic mass is 10.1. The molecule has 1 aliphatic rings. The summed E-state index contributed by atoms with van der Waals surface area (Å²) in [4.78, 5) is 7.32. The molecule has 1 aliphatic heterocycles. The summed E-state index contributed by atoms with van der Waals surface area (Å²) in [5.74, 6) is 1.72. The van der Waals surface area contributed by atoms with Gasteiger partial charge in [0, 0.05) is 19.6 Å². The number of hydrogen-bond donors (Lipinski definition) is 3. The highest BCUT2D eigenvalue weighted by Gasteiger charge is 2.23. The van der Waals surface area contributed by atoms with Crippen molar-refractivity contribution in [3.05, 3.63) is 29.8 Å². The second-order valence-electron chi connectivity index (χ2n) is 7.33. The second-order valence-corrected chi connectivity index (χ2v) is 9.43. The van der Waals surface area contributed by atoms with Crippen molar-refractivity contribution in [1.29, 1.82) is 0 Å². The van der Waals surface area contributed by atoms with Gasteiger partial charge in [-0.25, -0.2) is 13.1 Å². The summed E-state index contributed by atoms with van der Waals surface area (Å²) in [6, 6.07) is 8.48. The summed E-state index contributed by atoms with van der Waals surface area (Å²) in [7, 11) is -1.46. The van der Waals surface area contributed by atoms with Crippen LogP contribution in [0.3, 0.4) is 0 Å². The number of sulfonamides is 1. The van der Waals surface area contributed by atoms with Crippen LogP contribution in [-0.4, -0.2) is 71.4 Å². The first-order chi connectivity index (χ1) is 14.5. The molecule has 0 bridgehead atoms. The Morgan fingerprint density at radius 2 is 1.83 bits per heavy atom. The summed E-state index contributed by atoms with van der Waals surface area (Å²) in [5.41, 5.74) is 1.24. The van der Waals surface area contributed by atoms with E-state index in [0.717, 1.165) is 31.3 Å². The Bertz CT molecular complexity index is 746. The lowest BCUT2D eigenvalue weighted by Gasteiger charge is -2.27. The van der Waals surface area contributed by atoms with Gasteiger partial charge < -0.3 is 15.4 Å². The summed E-state index contributed by atoms with van der Waals surface area (Å²) in [5, 5.41) is 6.58. The molecule has 0 amide bonds. The van der Waals surface area contributed by atoms with Crippen molar-refractivity contribution >= 4 is 16.0 Å². The molecule has 0 radical (unpaired) electrons. The van der Waals surface area contributed by atoms with Crippen molar-refractivity contribution in [3.63, 3.8) is 0 Å². The van der Waals surface area contributed by atoms with Crippen LogP contribution in [0.4, 0.5) is 0 Å². The minimum atomic E-state index is -3.14. The van der Waals surface area contributed by atoms with E-state index in [4.69, 9.17) is 9.73 Å². The lowest BCUT2D eigenvalue weighted by molar-refractivity contribution is 0.251. The van der Waals surface area contributed by atoms with E-state index >= 15 is 0 Å². The van der Waals surface area contributed by atoms with Crippen molar-refractivity contribution in [1.82, 2.24) is 20.3 Å². The summed E-state index contributed by atoms with van der Waals surface area (Å²) < 4.78 is 30.9. The molecule has 1 fully saturated rings. The van der Waals surface area contributed by atoms with Crippen LogP contribution in [-0.2, 0) is 10.0 Å². The Morgan fingerprint density at radius 1 is 1.13 bits per heavy atom.